The van der Waals surface area contributed by atoms with E-state index in [-0.39, 0.29) is 11.4 Å². The van der Waals surface area contributed by atoms with Gasteiger partial charge in [0.15, 0.2) is 0 Å². The number of anilines is 1. The lowest BCUT2D eigenvalue weighted by atomic mass is 10.2. The van der Waals surface area contributed by atoms with Gasteiger partial charge in [-0.2, -0.15) is 5.26 Å². The first-order chi connectivity index (χ1) is 5.15. The minimum Gasteiger partial charge on any atom is -0.385 e. The highest BCUT2D eigenvalue weighted by atomic mass is 16.1. The van der Waals surface area contributed by atoms with Crippen molar-refractivity contribution < 1.29 is 0 Å². The molecule has 0 aromatic carbocycles. The summed E-state index contributed by atoms with van der Waals surface area (Å²) in [6.45, 7) is 1.67. The number of aryl methyl sites for hydroxylation is 1. The van der Waals surface area contributed by atoms with Crippen molar-refractivity contribution in [1.82, 2.24) is 4.98 Å². The highest BCUT2D eigenvalue weighted by Crippen LogP contribution is 2.02. The van der Waals surface area contributed by atoms with E-state index in [2.05, 4.69) is 4.98 Å². The fourth-order valence-electron chi connectivity index (χ4n) is 0.853. The number of nitriles is 1. The molecule has 1 rings (SSSR count). The third-order valence-electron chi connectivity index (χ3n) is 1.36. The molecule has 0 bridgehead atoms. The van der Waals surface area contributed by atoms with E-state index in [1.807, 2.05) is 0 Å². The van der Waals surface area contributed by atoms with Gasteiger partial charge in [0.2, 0.25) is 0 Å². The van der Waals surface area contributed by atoms with E-state index in [1.54, 1.807) is 19.1 Å². The van der Waals surface area contributed by atoms with Gasteiger partial charge in [-0.15, -0.1) is 0 Å². The Bertz CT molecular complexity index is 372. The number of hydrogen-bond donors (Lipinski definition) is 2. The van der Waals surface area contributed by atoms with Gasteiger partial charge in [0.25, 0.3) is 5.56 Å². The molecule has 0 aliphatic heterocycles. The number of aromatic nitrogens is 1. The number of nitrogens with one attached hydrogen (secondary N) is 1. The first-order valence-electron chi connectivity index (χ1n) is 3.04. The van der Waals surface area contributed by atoms with E-state index in [4.69, 9.17) is 11.0 Å². The van der Waals surface area contributed by atoms with Crippen molar-refractivity contribution in [1.29, 1.82) is 5.26 Å². The van der Waals surface area contributed by atoms with Crippen LogP contribution in [-0.2, 0) is 0 Å². The first-order valence-corrected chi connectivity index (χ1v) is 3.04. The van der Waals surface area contributed by atoms with Crippen molar-refractivity contribution >= 4 is 5.82 Å². The normalized spacial score (nSPS) is 9.09. The molecule has 3 N–H and O–H groups in total. The maximum atomic E-state index is 10.9. The van der Waals surface area contributed by atoms with Gasteiger partial charge in [-0.3, -0.25) is 4.79 Å². The van der Waals surface area contributed by atoms with E-state index in [1.165, 1.54) is 0 Å². The molecule has 0 saturated heterocycles. The number of H-pyrrole nitrogens is 1. The molecule has 0 saturated carbocycles. The third kappa shape index (κ3) is 1.22. The average molecular weight is 149 g/mol. The van der Waals surface area contributed by atoms with Crippen LogP contribution in [0.4, 0.5) is 5.82 Å². The maximum Gasteiger partial charge on any atom is 0.267 e. The molecule has 4 nitrogen and oxygen atoms in total. The van der Waals surface area contributed by atoms with Crippen molar-refractivity contribution in [2.45, 2.75) is 6.92 Å². The topological polar surface area (TPSA) is 82.7 Å². The van der Waals surface area contributed by atoms with Crippen LogP contribution < -0.4 is 11.3 Å². The molecule has 0 spiro atoms. The van der Waals surface area contributed by atoms with Crippen LogP contribution in [0, 0.1) is 18.3 Å². The minimum absolute atomic E-state index is 0.124. The Hall–Kier alpha value is -1.76. The highest BCUT2D eigenvalue weighted by molar-refractivity contribution is 5.41. The second-order valence-electron chi connectivity index (χ2n) is 2.22. The molecular weight excluding hydrogens is 142 g/mol. The Labute approximate surface area is 63.3 Å². The summed E-state index contributed by atoms with van der Waals surface area (Å²) in [6.07, 6.45) is 0. The zero-order chi connectivity index (χ0) is 8.43. The zero-order valence-electron chi connectivity index (χ0n) is 6.01. The number of nitrogens with zero attached hydrogens (tertiary/aromatic N) is 1. The highest BCUT2D eigenvalue weighted by Gasteiger charge is 2.02. The molecule has 56 valence electrons. The molecule has 0 amide bonds. The lowest BCUT2D eigenvalue weighted by Gasteiger charge is -1.96. The van der Waals surface area contributed by atoms with Crippen molar-refractivity contribution in [3.8, 4) is 6.07 Å². The number of aromatic amines is 1. The second-order valence-corrected chi connectivity index (χ2v) is 2.22. The second kappa shape index (κ2) is 2.46. The summed E-state index contributed by atoms with van der Waals surface area (Å²) in [5.74, 6) is 0.284. The molecule has 0 atom stereocenters. The predicted molar refractivity (Wildman–Crippen MR) is 40.9 cm³/mol. The van der Waals surface area contributed by atoms with E-state index in [0.29, 0.717) is 5.56 Å². The van der Waals surface area contributed by atoms with Gasteiger partial charge in [0.1, 0.15) is 17.5 Å². The number of nitrogens with two attached hydrogens (primary N) is 1. The summed E-state index contributed by atoms with van der Waals surface area (Å²) < 4.78 is 0. The summed E-state index contributed by atoms with van der Waals surface area (Å²) in [5, 5.41) is 8.48. The lowest BCUT2D eigenvalue weighted by molar-refractivity contribution is 1.19. The monoisotopic (exact) mass is 149 g/mol. The molecular formula is C7H7N3O. The number of nitrogen functional groups attached to an aromatic ring is 1. The summed E-state index contributed by atoms with van der Waals surface area (Å²) >= 11 is 0. The largest absolute Gasteiger partial charge is 0.385 e. The minimum atomic E-state index is -0.426. The summed E-state index contributed by atoms with van der Waals surface area (Å²) in [7, 11) is 0. The molecule has 0 unspecified atom stereocenters. The van der Waals surface area contributed by atoms with Gasteiger partial charge in [0.05, 0.1) is 0 Å². The number of rotatable bonds is 0. The third-order valence-corrected chi connectivity index (χ3v) is 1.36. The lowest BCUT2D eigenvalue weighted by Crippen LogP contribution is -2.13. The molecule has 11 heavy (non-hydrogen) atoms. The van der Waals surface area contributed by atoms with Crippen LogP contribution in [0.3, 0.4) is 0 Å². The Kier molecular flexibility index (Phi) is 1.65. The van der Waals surface area contributed by atoms with Crippen LogP contribution in [0.15, 0.2) is 10.9 Å². The van der Waals surface area contributed by atoms with Crippen LogP contribution in [0.2, 0.25) is 0 Å². The number of pyridine rings is 1. The summed E-state index contributed by atoms with van der Waals surface area (Å²) in [5.41, 5.74) is 5.62. The van der Waals surface area contributed by atoms with Crippen LogP contribution in [0.5, 0.6) is 0 Å². The summed E-state index contributed by atoms with van der Waals surface area (Å²) in [6, 6.07) is 3.35. The Morgan fingerprint density at radius 2 is 2.36 bits per heavy atom. The van der Waals surface area contributed by atoms with Crippen LogP contribution >= 0.6 is 0 Å². The van der Waals surface area contributed by atoms with Crippen molar-refractivity contribution in [3.05, 3.63) is 27.5 Å². The van der Waals surface area contributed by atoms with Gasteiger partial charge in [-0.05, 0) is 18.6 Å². The van der Waals surface area contributed by atoms with E-state index >= 15 is 0 Å². The molecule has 0 aliphatic rings. The van der Waals surface area contributed by atoms with Crippen LogP contribution in [0.25, 0.3) is 0 Å². The average Bonchev–Trinajstić information content (AvgIpc) is 1.85. The summed E-state index contributed by atoms with van der Waals surface area (Å²) in [4.78, 5) is 13.3. The Morgan fingerprint density at radius 1 is 1.73 bits per heavy atom. The standard InChI is InChI=1S/C7H7N3O/c1-4-2-6(9)10-7(11)5(4)3-8/h2H,1H3,(H3,9,10,11). The Morgan fingerprint density at radius 3 is 2.82 bits per heavy atom. The maximum absolute atomic E-state index is 10.9. The quantitative estimate of drug-likeness (QED) is 0.550. The van der Waals surface area contributed by atoms with Crippen molar-refractivity contribution in [2.75, 3.05) is 5.73 Å². The number of hydrogen-bond acceptors (Lipinski definition) is 3. The van der Waals surface area contributed by atoms with Crippen molar-refractivity contribution in [2.24, 2.45) is 0 Å². The molecule has 1 heterocycles. The Balaban J connectivity index is 3.53. The van der Waals surface area contributed by atoms with Crippen LogP contribution in [0.1, 0.15) is 11.1 Å². The first kappa shape index (κ1) is 7.35. The van der Waals surface area contributed by atoms with E-state index < -0.39 is 5.56 Å². The molecule has 0 aliphatic carbocycles. The molecule has 1 aromatic heterocycles. The van der Waals surface area contributed by atoms with E-state index in [0.717, 1.165) is 0 Å². The van der Waals surface area contributed by atoms with Crippen molar-refractivity contribution in [3.63, 3.8) is 0 Å². The molecule has 1 aromatic rings. The predicted octanol–water partition coefficient (Wildman–Crippen LogP) is 0.137. The van der Waals surface area contributed by atoms with Gasteiger partial charge >= 0.3 is 0 Å². The van der Waals surface area contributed by atoms with Crippen LogP contribution in [-0.4, -0.2) is 4.98 Å². The van der Waals surface area contributed by atoms with Gasteiger partial charge in [-0.1, -0.05) is 0 Å². The molecule has 4 heteroatoms. The fourth-order valence-corrected chi connectivity index (χ4v) is 0.853. The molecule has 0 radical (unpaired) electrons. The SMILES string of the molecule is Cc1cc(N)[nH]c(=O)c1C#N. The zero-order valence-corrected chi connectivity index (χ0v) is 6.01. The van der Waals surface area contributed by atoms with Gasteiger partial charge < -0.3 is 10.7 Å². The van der Waals surface area contributed by atoms with E-state index in [9.17, 15) is 4.79 Å². The fraction of sp³-hybridized carbons (Fsp3) is 0.143. The molecule has 0 fully saturated rings. The van der Waals surface area contributed by atoms with Gasteiger partial charge in [0, 0.05) is 0 Å². The van der Waals surface area contributed by atoms with Gasteiger partial charge in [-0.25, -0.2) is 0 Å². The smallest absolute Gasteiger partial charge is 0.267 e.